The number of carbonyl (C=O) groups is 1. The van der Waals surface area contributed by atoms with Gasteiger partial charge in [0.15, 0.2) is 0 Å². The first kappa shape index (κ1) is 18.9. The SMILES string of the molecule is Cc1cc2cc(C#N)c(SCC(=O)Nc3cccc(C)c3C)nc2cc1C. The number of benzene rings is 2. The molecule has 5 heteroatoms. The number of amides is 1. The minimum absolute atomic E-state index is 0.112. The standard InChI is InChI=1S/C22H21N3OS/c1-13-6-5-7-19(16(13)4)24-21(26)12-27-22-18(11-23)10-17-8-14(2)15(3)9-20(17)25-22/h5-10H,12H2,1-4H3,(H,24,26). The molecule has 1 heterocycles. The van der Waals surface area contributed by atoms with Crippen molar-refractivity contribution in [1.82, 2.24) is 4.98 Å². The lowest BCUT2D eigenvalue weighted by Crippen LogP contribution is -2.15. The van der Waals surface area contributed by atoms with Gasteiger partial charge < -0.3 is 5.32 Å². The molecule has 0 saturated carbocycles. The average Bonchev–Trinajstić information content (AvgIpc) is 2.64. The number of aromatic nitrogens is 1. The van der Waals surface area contributed by atoms with E-state index in [0.29, 0.717) is 10.6 Å². The second-order valence-corrected chi connectivity index (χ2v) is 7.63. The lowest BCUT2D eigenvalue weighted by atomic mass is 10.1. The van der Waals surface area contributed by atoms with Crippen molar-refractivity contribution in [3.8, 4) is 6.07 Å². The Labute approximate surface area is 163 Å². The molecule has 1 N–H and O–H groups in total. The maximum atomic E-state index is 12.4. The van der Waals surface area contributed by atoms with Gasteiger partial charge in [-0.25, -0.2) is 4.98 Å². The van der Waals surface area contributed by atoms with Gasteiger partial charge in [0.05, 0.1) is 16.8 Å². The number of nitrogens with zero attached hydrogens (tertiary/aromatic N) is 2. The van der Waals surface area contributed by atoms with E-state index in [0.717, 1.165) is 33.3 Å². The van der Waals surface area contributed by atoms with Crippen molar-refractivity contribution in [2.24, 2.45) is 0 Å². The molecule has 0 unspecified atom stereocenters. The van der Waals surface area contributed by atoms with E-state index in [4.69, 9.17) is 0 Å². The quantitative estimate of drug-likeness (QED) is 0.647. The van der Waals surface area contributed by atoms with Crippen molar-refractivity contribution in [2.45, 2.75) is 32.7 Å². The fourth-order valence-electron chi connectivity index (χ4n) is 2.82. The van der Waals surface area contributed by atoms with Gasteiger partial charge in [0.1, 0.15) is 11.1 Å². The summed E-state index contributed by atoms with van der Waals surface area (Å²) in [6, 6.07) is 13.9. The van der Waals surface area contributed by atoms with Crippen LogP contribution >= 0.6 is 11.8 Å². The van der Waals surface area contributed by atoms with Crippen molar-refractivity contribution < 1.29 is 4.79 Å². The van der Waals surface area contributed by atoms with Crippen LogP contribution in [0.4, 0.5) is 5.69 Å². The molecule has 2 aromatic carbocycles. The number of aryl methyl sites for hydroxylation is 3. The molecule has 1 amide bonds. The second kappa shape index (κ2) is 7.81. The summed E-state index contributed by atoms with van der Waals surface area (Å²) in [5.41, 5.74) is 6.67. The summed E-state index contributed by atoms with van der Waals surface area (Å²) in [5.74, 6) is 0.0883. The van der Waals surface area contributed by atoms with Gasteiger partial charge in [-0.15, -0.1) is 0 Å². The fraction of sp³-hybridized carbons (Fsp3) is 0.227. The maximum Gasteiger partial charge on any atom is 0.234 e. The Morgan fingerprint density at radius 2 is 1.85 bits per heavy atom. The van der Waals surface area contributed by atoms with E-state index in [2.05, 4.69) is 16.4 Å². The zero-order chi connectivity index (χ0) is 19.6. The van der Waals surface area contributed by atoms with E-state index >= 15 is 0 Å². The van der Waals surface area contributed by atoms with Crippen LogP contribution in [0.3, 0.4) is 0 Å². The van der Waals surface area contributed by atoms with Crippen molar-refractivity contribution in [1.29, 1.82) is 5.26 Å². The van der Waals surface area contributed by atoms with E-state index in [1.807, 2.05) is 64.1 Å². The van der Waals surface area contributed by atoms with E-state index in [1.165, 1.54) is 17.3 Å². The van der Waals surface area contributed by atoms with Gasteiger partial charge in [0, 0.05) is 11.1 Å². The van der Waals surface area contributed by atoms with Crippen LogP contribution in [-0.4, -0.2) is 16.6 Å². The molecule has 0 radical (unpaired) electrons. The molecular formula is C22H21N3OS. The summed E-state index contributed by atoms with van der Waals surface area (Å²) >= 11 is 1.29. The summed E-state index contributed by atoms with van der Waals surface area (Å²) < 4.78 is 0. The molecule has 136 valence electrons. The smallest absolute Gasteiger partial charge is 0.234 e. The van der Waals surface area contributed by atoms with Crippen LogP contribution in [0.25, 0.3) is 10.9 Å². The van der Waals surface area contributed by atoms with Crippen molar-refractivity contribution in [3.05, 3.63) is 64.2 Å². The fourth-order valence-corrected chi connectivity index (χ4v) is 3.58. The highest BCUT2D eigenvalue weighted by Gasteiger charge is 2.12. The van der Waals surface area contributed by atoms with Gasteiger partial charge in [-0.3, -0.25) is 4.79 Å². The number of hydrogen-bond donors (Lipinski definition) is 1. The summed E-state index contributed by atoms with van der Waals surface area (Å²) in [5, 5.41) is 13.9. The second-order valence-electron chi connectivity index (χ2n) is 6.67. The minimum Gasteiger partial charge on any atom is -0.325 e. The number of nitrogens with one attached hydrogen (secondary N) is 1. The van der Waals surface area contributed by atoms with Gasteiger partial charge >= 0.3 is 0 Å². The Kier molecular flexibility index (Phi) is 5.48. The molecule has 0 atom stereocenters. The van der Waals surface area contributed by atoms with Crippen molar-refractivity contribution >= 4 is 34.3 Å². The van der Waals surface area contributed by atoms with Crippen LogP contribution in [0.5, 0.6) is 0 Å². The first-order valence-electron chi connectivity index (χ1n) is 8.70. The Morgan fingerprint density at radius 1 is 1.11 bits per heavy atom. The van der Waals surface area contributed by atoms with Crippen molar-refractivity contribution in [2.75, 3.05) is 11.1 Å². The lowest BCUT2D eigenvalue weighted by molar-refractivity contribution is -0.113. The molecule has 0 bridgehead atoms. The highest BCUT2D eigenvalue weighted by molar-refractivity contribution is 8.00. The zero-order valence-electron chi connectivity index (χ0n) is 15.9. The topological polar surface area (TPSA) is 65.8 Å². The number of hydrogen-bond acceptors (Lipinski definition) is 4. The zero-order valence-corrected chi connectivity index (χ0v) is 16.7. The third-order valence-corrected chi connectivity index (χ3v) is 5.73. The van der Waals surface area contributed by atoms with Crippen LogP contribution in [0, 0.1) is 39.0 Å². The number of anilines is 1. The molecule has 27 heavy (non-hydrogen) atoms. The van der Waals surface area contributed by atoms with Gasteiger partial charge in [-0.1, -0.05) is 23.9 Å². The van der Waals surface area contributed by atoms with E-state index in [9.17, 15) is 10.1 Å². The molecule has 3 rings (SSSR count). The average molecular weight is 375 g/mol. The molecule has 4 nitrogen and oxygen atoms in total. The predicted molar refractivity (Wildman–Crippen MR) is 111 cm³/mol. The molecule has 0 saturated heterocycles. The monoisotopic (exact) mass is 375 g/mol. The van der Waals surface area contributed by atoms with Crippen LogP contribution < -0.4 is 5.32 Å². The summed E-state index contributed by atoms with van der Waals surface area (Å²) in [6.07, 6.45) is 0. The third kappa shape index (κ3) is 4.12. The molecular weight excluding hydrogens is 354 g/mol. The Bertz CT molecular complexity index is 1080. The maximum absolute atomic E-state index is 12.4. The van der Waals surface area contributed by atoms with Gasteiger partial charge in [-0.05, 0) is 74.2 Å². The van der Waals surface area contributed by atoms with Crippen molar-refractivity contribution in [3.63, 3.8) is 0 Å². The van der Waals surface area contributed by atoms with Crippen LogP contribution in [0.1, 0.15) is 27.8 Å². The Balaban J connectivity index is 1.79. The first-order valence-corrected chi connectivity index (χ1v) is 9.68. The molecule has 1 aromatic heterocycles. The van der Waals surface area contributed by atoms with Crippen LogP contribution in [0.15, 0.2) is 41.4 Å². The molecule has 0 aliphatic rings. The number of thioether (sulfide) groups is 1. The molecule has 0 spiro atoms. The summed E-state index contributed by atoms with van der Waals surface area (Å²) in [4.78, 5) is 17.0. The van der Waals surface area contributed by atoms with Crippen LogP contribution in [-0.2, 0) is 4.79 Å². The lowest BCUT2D eigenvalue weighted by Gasteiger charge is -2.11. The van der Waals surface area contributed by atoms with E-state index in [-0.39, 0.29) is 11.7 Å². The summed E-state index contributed by atoms with van der Waals surface area (Å²) in [6.45, 7) is 8.09. The Hall–Kier alpha value is -2.84. The molecule has 0 aliphatic heterocycles. The molecule has 3 aromatic rings. The highest BCUT2D eigenvalue weighted by atomic mass is 32.2. The normalized spacial score (nSPS) is 10.6. The van der Waals surface area contributed by atoms with E-state index in [1.54, 1.807) is 0 Å². The van der Waals surface area contributed by atoms with E-state index < -0.39 is 0 Å². The summed E-state index contributed by atoms with van der Waals surface area (Å²) in [7, 11) is 0. The molecule has 0 fully saturated rings. The number of rotatable bonds is 4. The van der Waals surface area contributed by atoms with Gasteiger partial charge in [0.25, 0.3) is 0 Å². The minimum atomic E-state index is -0.112. The number of nitriles is 1. The van der Waals surface area contributed by atoms with Crippen LogP contribution in [0.2, 0.25) is 0 Å². The highest BCUT2D eigenvalue weighted by Crippen LogP contribution is 2.27. The molecule has 0 aliphatic carbocycles. The predicted octanol–water partition coefficient (Wildman–Crippen LogP) is 5.07. The number of pyridine rings is 1. The number of carbonyl (C=O) groups excluding carboxylic acids is 1. The first-order chi connectivity index (χ1) is 12.9. The third-order valence-electron chi connectivity index (χ3n) is 4.73. The Morgan fingerprint density at radius 3 is 2.59 bits per heavy atom. The van der Waals surface area contributed by atoms with Gasteiger partial charge in [-0.2, -0.15) is 5.26 Å². The van der Waals surface area contributed by atoms with Gasteiger partial charge in [0.2, 0.25) is 5.91 Å². The largest absolute Gasteiger partial charge is 0.325 e. The number of fused-ring (bicyclic) bond motifs is 1.